The summed E-state index contributed by atoms with van der Waals surface area (Å²) in [4.78, 5) is 29.3. The van der Waals surface area contributed by atoms with Crippen molar-refractivity contribution in [2.75, 3.05) is 41.4 Å². The van der Waals surface area contributed by atoms with Crippen LogP contribution in [0.1, 0.15) is 27.2 Å². The molecule has 1 N–H and O–H groups in total. The summed E-state index contributed by atoms with van der Waals surface area (Å²) < 4.78 is 5.56. The topological polar surface area (TPSA) is 61.9 Å². The van der Waals surface area contributed by atoms with Gasteiger partial charge < -0.3 is 19.9 Å². The number of carbonyl (C=O) groups excluding carboxylic acids is 2. The standard InChI is InChI=1S/C23H29N3O3/c1-4-25(5-2)18-11-13-19(14-12-18)26-16-17(15-22(26)27)23(28)24-20-9-7-8-10-21(20)29-6-3/h7-14,17H,4-6,15-16H2,1-3H3,(H,24,28). The van der Waals surface area contributed by atoms with Crippen LogP contribution in [0.15, 0.2) is 48.5 Å². The van der Waals surface area contributed by atoms with Crippen LogP contribution in [0, 0.1) is 5.92 Å². The van der Waals surface area contributed by atoms with Gasteiger partial charge in [-0.15, -0.1) is 0 Å². The van der Waals surface area contributed by atoms with E-state index in [1.54, 1.807) is 4.90 Å². The Morgan fingerprint density at radius 3 is 2.45 bits per heavy atom. The Labute approximate surface area is 172 Å². The van der Waals surface area contributed by atoms with Crippen LogP contribution in [-0.2, 0) is 9.59 Å². The molecule has 29 heavy (non-hydrogen) atoms. The normalized spacial score (nSPS) is 16.0. The number of nitrogens with one attached hydrogen (secondary N) is 1. The second kappa shape index (κ2) is 9.45. The van der Waals surface area contributed by atoms with E-state index in [1.807, 2.05) is 55.5 Å². The lowest BCUT2D eigenvalue weighted by atomic mass is 10.1. The third-order valence-corrected chi connectivity index (χ3v) is 5.23. The Kier molecular flexibility index (Phi) is 6.75. The molecule has 0 bridgehead atoms. The number of amides is 2. The maximum atomic E-state index is 12.8. The first-order valence-corrected chi connectivity index (χ1v) is 10.2. The molecule has 0 saturated carbocycles. The molecule has 1 fully saturated rings. The molecule has 6 nitrogen and oxygen atoms in total. The molecule has 2 aromatic carbocycles. The molecule has 6 heteroatoms. The first-order chi connectivity index (χ1) is 14.1. The molecular weight excluding hydrogens is 366 g/mol. The van der Waals surface area contributed by atoms with Crippen LogP contribution in [0.5, 0.6) is 5.75 Å². The van der Waals surface area contributed by atoms with Crippen molar-refractivity contribution in [2.45, 2.75) is 27.2 Å². The van der Waals surface area contributed by atoms with E-state index in [0.29, 0.717) is 24.6 Å². The highest BCUT2D eigenvalue weighted by atomic mass is 16.5. The third kappa shape index (κ3) is 4.70. The Morgan fingerprint density at radius 1 is 1.10 bits per heavy atom. The average Bonchev–Trinajstić information content (AvgIpc) is 3.13. The number of hydrogen-bond donors (Lipinski definition) is 1. The first kappa shape index (κ1) is 20.7. The zero-order chi connectivity index (χ0) is 20.8. The molecule has 0 aliphatic carbocycles. The quantitative estimate of drug-likeness (QED) is 0.736. The van der Waals surface area contributed by atoms with Gasteiger partial charge in [-0.2, -0.15) is 0 Å². The van der Waals surface area contributed by atoms with Gasteiger partial charge in [0.15, 0.2) is 0 Å². The number of anilines is 3. The summed E-state index contributed by atoms with van der Waals surface area (Å²) in [5.74, 6) is 0.0581. The summed E-state index contributed by atoms with van der Waals surface area (Å²) in [6.45, 7) is 8.91. The molecule has 1 heterocycles. The van der Waals surface area contributed by atoms with Crippen LogP contribution in [0.4, 0.5) is 17.1 Å². The minimum Gasteiger partial charge on any atom is -0.492 e. The predicted octanol–water partition coefficient (Wildman–Crippen LogP) is 3.92. The molecule has 2 amide bonds. The van der Waals surface area contributed by atoms with Crippen LogP contribution in [0.2, 0.25) is 0 Å². The van der Waals surface area contributed by atoms with E-state index in [-0.39, 0.29) is 24.2 Å². The van der Waals surface area contributed by atoms with Crippen molar-refractivity contribution in [3.63, 3.8) is 0 Å². The molecule has 3 rings (SSSR count). The van der Waals surface area contributed by atoms with Gasteiger partial charge in [-0.3, -0.25) is 9.59 Å². The molecule has 1 unspecified atom stereocenters. The second-order valence-electron chi connectivity index (χ2n) is 7.01. The molecule has 0 radical (unpaired) electrons. The number of nitrogens with zero attached hydrogens (tertiary/aromatic N) is 2. The van der Waals surface area contributed by atoms with Gasteiger partial charge in [0.2, 0.25) is 11.8 Å². The summed E-state index contributed by atoms with van der Waals surface area (Å²) in [5, 5.41) is 2.92. The maximum absolute atomic E-state index is 12.8. The highest BCUT2D eigenvalue weighted by molar-refractivity contribution is 6.04. The molecule has 154 valence electrons. The Morgan fingerprint density at radius 2 is 1.79 bits per heavy atom. The zero-order valence-electron chi connectivity index (χ0n) is 17.4. The first-order valence-electron chi connectivity index (χ1n) is 10.2. The molecule has 2 aromatic rings. The number of carbonyl (C=O) groups is 2. The van der Waals surface area contributed by atoms with Gasteiger partial charge in [0.05, 0.1) is 18.2 Å². The van der Waals surface area contributed by atoms with Gasteiger partial charge >= 0.3 is 0 Å². The molecule has 1 aliphatic rings. The SMILES string of the molecule is CCOc1ccccc1NC(=O)C1CC(=O)N(c2ccc(N(CC)CC)cc2)C1. The van der Waals surface area contributed by atoms with Crippen LogP contribution >= 0.6 is 0 Å². The Balaban J connectivity index is 1.68. The summed E-state index contributed by atoms with van der Waals surface area (Å²) in [7, 11) is 0. The van der Waals surface area contributed by atoms with E-state index in [0.717, 1.165) is 24.5 Å². The smallest absolute Gasteiger partial charge is 0.229 e. The number of benzene rings is 2. The van der Waals surface area contributed by atoms with Crippen LogP contribution in [-0.4, -0.2) is 38.1 Å². The summed E-state index contributed by atoms with van der Waals surface area (Å²) in [6, 6.07) is 15.3. The largest absolute Gasteiger partial charge is 0.492 e. The molecule has 0 spiro atoms. The molecule has 0 aromatic heterocycles. The van der Waals surface area contributed by atoms with Crippen molar-refractivity contribution in [2.24, 2.45) is 5.92 Å². The molecule has 1 saturated heterocycles. The van der Waals surface area contributed by atoms with Crippen molar-refractivity contribution >= 4 is 28.9 Å². The van der Waals surface area contributed by atoms with Gasteiger partial charge in [0.25, 0.3) is 0 Å². The van der Waals surface area contributed by atoms with Gasteiger partial charge in [0.1, 0.15) is 5.75 Å². The number of para-hydroxylation sites is 2. The predicted molar refractivity (Wildman–Crippen MR) is 117 cm³/mol. The highest BCUT2D eigenvalue weighted by Crippen LogP contribution is 2.29. The van der Waals surface area contributed by atoms with Crippen LogP contribution < -0.4 is 19.9 Å². The fourth-order valence-electron chi connectivity index (χ4n) is 3.65. The van der Waals surface area contributed by atoms with E-state index < -0.39 is 0 Å². The minimum absolute atomic E-state index is 0.0289. The van der Waals surface area contributed by atoms with E-state index in [4.69, 9.17) is 4.74 Å². The average molecular weight is 396 g/mol. The Bertz CT molecular complexity index is 847. The lowest BCUT2D eigenvalue weighted by Gasteiger charge is -2.22. The van der Waals surface area contributed by atoms with E-state index in [1.165, 1.54) is 0 Å². The van der Waals surface area contributed by atoms with Crippen LogP contribution in [0.3, 0.4) is 0 Å². The van der Waals surface area contributed by atoms with Crippen molar-refractivity contribution in [3.05, 3.63) is 48.5 Å². The lowest BCUT2D eigenvalue weighted by molar-refractivity contribution is -0.122. The molecular formula is C23H29N3O3. The number of rotatable bonds is 8. The second-order valence-corrected chi connectivity index (χ2v) is 7.01. The van der Waals surface area contributed by atoms with Crippen molar-refractivity contribution in [1.29, 1.82) is 0 Å². The Hall–Kier alpha value is -3.02. The van der Waals surface area contributed by atoms with Crippen molar-refractivity contribution in [1.82, 2.24) is 0 Å². The van der Waals surface area contributed by atoms with E-state index in [2.05, 4.69) is 24.1 Å². The fourth-order valence-corrected chi connectivity index (χ4v) is 3.65. The third-order valence-electron chi connectivity index (χ3n) is 5.23. The summed E-state index contributed by atoms with van der Waals surface area (Å²) in [5.41, 5.74) is 2.59. The van der Waals surface area contributed by atoms with Gasteiger partial charge in [-0.1, -0.05) is 12.1 Å². The van der Waals surface area contributed by atoms with Gasteiger partial charge in [-0.05, 0) is 57.2 Å². The van der Waals surface area contributed by atoms with Crippen LogP contribution in [0.25, 0.3) is 0 Å². The monoisotopic (exact) mass is 395 g/mol. The van der Waals surface area contributed by atoms with Crippen molar-refractivity contribution < 1.29 is 14.3 Å². The number of hydrogen-bond acceptors (Lipinski definition) is 4. The van der Waals surface area contributed by atoms with Gasteiger partial charge in [-0.25, -0.2) is 0 Å². The van der Waals surface area contributed by atoms with E-state index in [9.17, 15) is 9.59 Å². The zero-order valence-corrected chi connectivity index (χ0v) is 17.4. The summed E-state index contributed by atoms with van der Waals surface area (Å²) >= 11 is 0. The fraction of sp³-hybridized carbons (Fsp3) is 0.391. The summed E-state index contributed by atoms with van der Waals surface area (Å²) in [6.07, 6.45) is 0.209. The maximum Gasteiger partial charge on any atom is 0.229 e. The molecule has 1 aliphatic heterocycles. The number of ether oxygens (including phenoxy) is 1. The van der Waals surface area contributed by atoms with Gasteiger partial charge in [0, 0.05) is 37.4 Å². The lowest BCUT2D eigenvalue weighted by Crippen LogP contribution is -2.28. The van der Waals surface area contributed by atoms with Crippen molar-refractivity contribution in [3.8, 4) is 5.75 Å². The highest BCUT2D eigenvalue weighted by Gasteiger charge is 2.35. The van der Waals surface area contributed by atoms with E-state index >= 15 is 0 Å². The molecule has 1 atom stereocenters. The minimum atomic E-state index is -0.389.